The van der Waals surface area contributed by atoms with Gasteiger partial charge in [-0.15, -0.1) is 0 Å². The number of rotatable bonds is 5. The Labute approximate surface area is 132 Å². The third-order valence-corrected chi connectivity index (χ3v) is 3.21. The van der Waals surface area contributed by atoms with E-state index in [1.165, 1.54) is 0 Å². The topological polar surface area (TPSA) is 113 Å². The molecule has 1 unspecified atom stereocenters. The van der Waals surface area contributed by atoms with Crippen LogP contribution >= 0.6 is 0 Å². The minimum Gasteiger partial charge on any atom is -0.445 e. The molecule has 0 aliphatic carbocycles. The predicted octanol–water partition coefficient (Wildman–Crippen LogP) is -0.0507. The molecule has 2 N–H and O–H groups in total. The highest BCUT2D eigenvalue weighted by molar-refractivity contribution is 6.16. The van der Waals surface area contributed by atoms with Crippen molar-refractivity contribution in [3.8, 4) is 0 Å². The quantitative estimate of drug-likeness (QED) is 0.735. The van der Waals surface area contributed by atoms with Crippen LogP contribution < -0.4 is 5.32 Å². The second kappa shape index (κ2) is 7.50. The summed E-state index contributed by atoms with van der Waals surface area (Å²) in [6.45, 7) is -0.413. The summed E-state index contributed by atoms with van der Waals surface area (Å²) in [5.74, 6) is -2.34. The number of aliphatic hydroxyl groups is 1. The van der Waals surface area contributed by atoms with Crippen LogP contribution in [0.4, 0.5) is 4.79 Å². The number of amides is 4. The van der Waals surface area contributed by atoms with Gasteiger partial charge in [0.1, 0.15) is 6.61 Å². The van der Waals surface area contributed by atoms with Gasteiger partial charge >= 0.3 is 6.09 Å². The number of carbonyl (C=O) groups is 4. The lowest BCUT2D eigenvalue weighted by Crippen LogP contribution is -2.47. The number of likely N-dealkylation sites (tertiary alicyclic amines) is 1. The Bertz CT molecular complexity index is 600. The van der Waals surface area contributed by atoms with E-state index in [0.29, 0.717) is 4.90 Å². The highest BCUT2D eigenvalue weighted by atomic mass is 16.5. The number of aliphatic hydroxyl groups excluding tert-OH is 1. The molecule has 0 aromatic heterocycles. The van der Waals surface area contributed by atoms with Gasteiger partial charge in [0.25, 0.3) is 5.91 Å². The summed E-state index contributed by atoms with van der Waals surface area (Å²) in [6.07, 6.45) is -2.61. The molecule has 1 aromatic carbocycles. The van der Waals surface area contributed by atoms with E-state index in [2.05, 4.69) is 5.32 Å². The third kappa shape index (κ3) is 4.36. The molecule has 0 bridgehead atoms. The molecule has 2 rings (SSSR count). The first kappa shape index (κ1) is 16.6. The molecule has 122 valence electrons. The van der Waals surface area contributed by atoms with Crippen LogP contribution in [0.2, 0.25) is 0 Å². The van der Waals surface area contributed by atoms with Gasteiger partial charge in [-0.2, -0.15) is 0 Å². The van der Waals surface area contributed by atoms with Gasteiger partial charge in [0.05, 0.1) is 6.54 Å². The van der Waals surface area contributed by atoms with Crippen molar-refractivity contribution in [1.29, 1.82) is 0 Å². The van der Waals surface area contributed by atoms with Crippen LogP contribution in [0.3, 0.4) is 0 Å². The standard InChI is InChI=1S/C15H16N2O6/c18-11(14(21)17-12(19)6-7-13(17)20)8-16-15(22)23-9-10-4-2-1-3-5-10/h1-5,11,18H,6-9H2,(H,16,22). The van der Waals surface area contributed by atoms with Crippen molar-refractivity contribution in [1.82, 2.24) is 10.2 Å². The number of ether oxygens (including phenoxy) is 1. The van der Waals surface area contributed by atoms with Crippen LogP contribution in [-0.2, 0) is 25.7 Å². The number of imide groups is 3. The Kier molecular flexibility index (Phi) is 5.42. The maximum Gasteiger partial charge on any atom is 0.407 e. The number of carbonyl (C=O) groups excluding carboxylic acids is 4. The van der Waals surface area contributed by atoms with Gasteiger partial charge in [-0.05, 0) is 5.56 Å². The number of alkyl carbamates (subject to hydrolysis) is 1. The van der Waals surface area contributed by atoms with Gasteiger partial charge in [0, 0.05) is 12.8 Å². The predicted molar refractivity (Wildman–Crippen MR) is 76.7 cm³/mol. The fraction of sp³-hybridized carbons (Fsp3) is 0.333. The van der Waals surface area contributed by atoms with Gasteiger partial charge in [-0.1, -0.05) is 30.3 Å². The van der Waals surface area contributed by atoms with Crippen molar-refractivity contribution in [3.63, 3.8) is 0 Å². The van der Waals surface area contributed by atoms with Gasteiger partial charge in [0.2, 0.25) is 11.8 Å². The van der Waals surface area contributed by atoms with Crippen molar-refractivity contribution in [2.45, 2.75) is 25.6 Å². The maximum atomic E-state index is 11.8. The summed E-state index contributed by atoms with van der Waals surface area (Å²) in [4.78, 5) is 46.5. The molecule has 1 atom stereocenters. The number of nitrogens with one attached hydrogen (secondary N) is 1. The average molecular weight is 320 g/mol. The molecule has 1 aromatic rings. The molecule has 4 amide bonds. The van der Waals surface area contributed by atoms with Crippen LogP contribution in [0.5, 0.6) is 0 Å². The van der Waals surface area contributed by atoms with Crippen LogP contribution in [0.25, 0.3) is 0 Å². The molecule has 23 heavy (non-hydrogen) atoms. The molecule has 0 spiro atoms. The molecular weight excluding hydrogens is 304 g/mol. The van der Waals surface area contributed by atoms with Gasteiger partial charge in [-0.3, -0.25) is 14.4 Å². The summed E-state index contributed by atoms with van der Waals surface area (Å²) in [6, 6.07) is 8.96. The number of benzene rings is 1. The summed E-state index contributed by atoms with van der Waals surface area (Å²) in [5, 5.41) is 11.9. The fourth-order valence-electron chi connectivity index (χ4n) is 2.01. The van der Waals surface area contributed by atoms with Crippen molar-refractivity contribution in [2.24, 2.45) is 0 Å². The van der Waals surface area contributed by atoms with E-state index in [9.17, 15) is 24.3 Å². The molecule has 0 saturated carbocycles. The molecular formula is C15H16N2O6. The zero-order chi connectivity index (χ0) is 16.8. The summed E-state index contributed by atoms with van der Waals surface area (Å²) in [7, 11) is 0. The fourth-order valence-corrected chi connectivity index (χ4v) is 2.01. The van der Waals surface area contributed by atoms with Crippen LogP contribution in [0, 0.1) is 0 Å². The largest absolute Gasteiger partial charge is 0.445 e. The van der Waals surface area contributed by atoms with E-state index in [0.717, 1.165) is 5.56 Å². The number of hydrogen-bond donors (Lipinski definition) is 2. The second-order valence-corrected chi connectivity index (χ2v) is 4.92. The Morgan fingerprint density at radius 1 is 1.17 bits per heavy atom. The van der Waals surface area contributed by atoms with E-state index in [-0.39, 0.29) is 19.4 Å². The van der Waals surface area contributed by atoms with Crippen LogP contribution in [0.1, 0.15) is 18.4 Å². The first-order chi connectivity index (χ1) is 11.0. The Hall–Kier alpha value is -2.74. The Morgan fingerprint density at radius 3 is 2.39 bits per heavy atom. The summed E-state index contributed by atoms with van der Waals surface area (Å²) < 4.78 is 4.91. The molecule has 1 fully saturated rings. The zero-order valence-corrected chi connectivity index (χ0v) is 12.2. The molecule has 1 aliphatic heterocycles. The molecule has 8 nitrogen and oxygen atoms in total. The highest BCUT2D eigenvalue weighted by Gasteiger charge is 2.37. The normalized spacial score (nSPS) is 15.4. The van der Waals surface area contributed by atoms with Crippen LogP contribution in [0.15, 0.2) is 30.3 Å². The van der Waals surface area contributed by atoms with Crippen molar-refractivity contribution in [3.05, 3.63) is 35.9 Å². The molecule has 8 heteroatoms. The number of nitrogens with zero attached hydrogens (tertiary/aromatic N) is 1. The zero-order valence-electron chi connectivity index (χ0n) is 12.2. The minimum atomic E-state index is -1.69. The van der Waals surface area contributed by atoms with E-state index in [4.69, 9.17) is 4.74 Å². The summed E-state index contributed by atoms with van der Waals surface area (Å²) in [5.41, 5.74) is 0.785. The highest BCUT2D eigenvalue weighted by Crippen LogP contribution is 2.13. The first-order valence-corrected chi connectivity index (χ1v) is 7.01. The van der Waals surface area contributed by atoms with E-state index in [1.54, 1.807) is 24.3 Å². The van der Waals surface area contributed by atoms with Gasteiger partial charge in [-0.25, -0.2) is 9.69 Å². The molecule has 1 heterocycles. The van der Waals surface area contributed by atoms with E-state index in [1.807, 2.05) is 6.07 Å². The van der Waals surface area contributed by atoms with Crippen molar-refractivity contribution >= 4 is 23.8 Å². The molecule has 0 radical (unpaired) electrons. The Balaban J connectivity index is 1.76. The number of hydrogen-bond acceptors (Lipinski definition) is 6. The lowest BCUT2D eigenvalue weighted by atomic mass is 10.2. The lowest BCUT2D eigenvalue weighted by Gasteiger charge is -2.16. The SMILES string of the molecule is O=C(NCC(O)C(=O)N1C(=O)CCC1=O)OCc1ccccc1. The average Bonchev–Trinajstić information content (AvgIpc) is 2.89. The first-order valence-electron chi connectivity index (χ1n) is 7.01. The van der Waals surface area contributed by atoms with Crippen molar-refractivity contribution in [2.75, 3.05) is 6.54 Å². The minimum absolute atomic E-state index is 0.0415. The van der Waals surface area contributed by atoms with E-state index < -0.39 is 36.5 Å². The van der Waals surface area contributed by atoms with E-state index >= 15 is 0 Å². The third-order valence-electron chi connectivity index (χ3n) is 3.21. The Morgan fingerprint density at radius 2 is 1.78 bits per heavy atom. The van der Waals surface area contributed by atoms with Crippen LogP contribution in [-0.4, -0.2) is 46.5 Å². The van der Waals surface area contributed by atoms with Gasteiger partial charge in [0.15, 0.2) is 6.10 Å². The second-order valence-electron chi connectivity index (χ2n) is 4.92. The van der Waals surface area contributed by atoms with Gasteiger partial charge < -0.3 is 15.2 Å². The monoisotopic (exact) mass is 320 g/mol. The smallest absolute Gasteiger partial charge is 0.407 e. The lowest BCUT2D eigenvalue weighted by molar-refractivity contribution is -0.154. The maximum absolute atomic E-state index is 11.8. The molecule has 1 saturated heterocycles. The van der Waals surface area contributed by atoms with Crippen molar-refractivity contribution < 1.29 is 29.0 Å². The molecule has 1 aliphatic rings. The summed E-state index contributed by atoms with van der Waals surface area (Å²) >= 11 is 0.